The summed E-state index contributed by atoms with van der Waals surface area (Å²) in [5, 5.41) is 8.90. The van der Waals surface area contributed by atoms with E-state index in [1.54, 1.807) is 0 Å². The van der Waals surface area contributed by atoms with Gasteiger partial charge < -0.3 is 0 Å². The zero-order valence-electron chi connectivity index (χ0n) is 7.75. The van der Waals surface area contributed by atoms with Crippen molar-refractivity contribution in [1.29, 1.82) is 0 Å². The van der Waals surface area contributed by atoms with E-state index in [1.165, 1.54) is 12.1 Å². The molecule has 1 N–H and O–H groups in total. The second-order valence-corrected chi connectivity index (χ2v) is 2.87. The van der Waals surface area contributed by atoms with E-state index in [1.807, 2.05) is 0 Å². The Bertz CT molecular complexity index is 374. The lowest BCUT2D eigenvalue weighted by Gasteiger charge is -2.14. The van der Waals surface area contributed by atoms with Gasteiger partial charge in [0.25, 0.3) is 5.91 Å². The molecule has 0 unspecified atom stereocenters. The Morgan fingerprint density at radius 2 is 1.87 bits per heavy atom. The van der Waals surface area contributed by atoms with Crippen molar-refractivity contribution in [1.82, 2.24) is 5.06 Å². The van der Waals surface area contributed by atoms with Gasteiger partial charge in [-0.15, -0.1) is 0 Å². The van der Waals surface area contributed by atoms with Gasteiger partial charge in [0, 0.05) is 7.05 Å². The van der Waals surface area contributed by atoms with E-state index in [0.29, 0.717) is 0 Å². The first kappa shape index (κ1) is 11.5. The number of halogens is 3. The quantitative estimate of drug-likeness (QED) is 0.580. The molecule has 0 radical (unpaired) electrons. The molecule has 0 saturated heterocycles. The molecule has 0 spiro atoms. The highest BCUT2D eigenvalue weighted by atomic mass is 19.4. The molecular formula is C9H8F3NO2. The highest BCUT2D eigenvalue weighted by molar-refractivity contribution is 5.94. The predicted octanol–water partition coefficient (Wildman–Crippen LogP) is 2.17. The van der Waals surface area contributed by atoms with Crippen LogP contribution < -0.4 is 0 Å². The summed E-state index contributed by atoms with van der Waals surface area (Å²) >= 11 is 0. The fourth-order valence-electron chi connectivity index (χ4n) is 1.09. The van der Waals surface area contributed by atoms with Crippen molar-refractivity contribution < 1.29 is 23.2 Å². The number of hydrogen-bond donors (Lipinski definition) is 1. The smallest absolute Gasteiger partial charge is 0.286 e. The van der Waals surface area contributed by atoms with Crippen molar-refractivity contribution in [2.75, 3.05) is 7.05 Å². The molecule has 0 aliphatic carbocycles. The van der Waals surface area contributed by atoms with Crippen LogP contribution in [0, 0.1) is 0 Å². The standard InChI is InChI=1S/C9H8F3NO2/c1-13(15)8(14)6-4-2-3-5-7(6)9(10,11)12/h2-5,15H,1H3. The zero-order valence-corrected chi connectivity index (χ0v) is 7.75. The van der Waals surface area contributed by atoms with Crippen LogP contribution in [0.5, 0.6) is 0 Å². The molecule has 1 amide bonds. The molecule has 0 saturated carbocycles. The van der Waals surface area contributed by atoms with Gasteiger partial charge in [-0.25, -0.2) is 5.06 Å². The summed E-state index contributed by atoms with van der Waals surface area (Å²) in [5.74, 6) is -1.09. The van der Waals surface area contributed by atoms with Crippen molar-refractivity contribution in [2.45, 2.75) is 6.18 Å². The van der Waals surface area contributed by atoms with Crippen molar-refractivity contribution >= 4 is 5.91 Å². The number of carbonyl (C=O) groups excluding carboxylic acids is 1. The molecule has 0 aliphatic rings. The van der Waals surface area contributed by atoms with Crippen LogP contribution in [-0.2, 0) is 6.18 Å². The number of nitrogens with zero attached hydrogens (tertiary/aromatic N) is 1. The first-order valence-electron chi connectivity index (χ1n) is 3.97. The molecule has 1 aromatic carbocycles. The molecule has 1 aromatic rings. The number of rotatable bonds is 1. The molecule has 6 heteroatoms. The molecule has 1 rings (SSSR count). The van der Waals surface area contributed by atoms with Gasteiger partial charge >= 0.3 is 6.18 Å². The van der Waals surface area contributed by atoms with Gasteiger partial charge in [-0.1, -0.05) is 12.1 Å². The maximum atomic E-state index is 12.4. The van der Waals surface area contributed by atoms with Gasteiger partial charge in [0.05, 0.1) is 11.1 Å². The molecule has 0 aromatic heterocycles. The van der Waals surface area contributed by atoms with Crippen LogP contribution in [0.3, 0.4) is 0 Å². The normalized spacial score (nSPS) is 11.3. The van der Waals surface area contributed by atoms with E-state index in [4.69, 9.17) is 5.21 Å². The first-order chi connectivity index (χ1) is 6.84. The van der Waals surface area contributed by atoms with Crippen LogP contribution in [0.15, 0.2) is 24.3 Å². The van der Waals surface area contributed by atoms with E-state index >= 15 is 0 Å². The van der Waals surface area contributed by atoms with Crippen LogP contribution in [0.2, 0.25) is 0 Å². The van der Waals surface area contributed by atoms with Crippen molar-refractivity contribution in [3.8, 4) is 0 Å². The molecular weight excluding hydrogens is 211 g/mol. The number of carbonyl (C=O) groups is 1. The van der Waals surface area contributed by atoms with Crippen molar-refractivity contribution in [3.63, 3.8) is 0 Å². The van der Waals surface area contributed by atoms with E-state index in [-0.39, 0.29) is 5.06 Å². The van der Waals surface area contributed by atoms with Crippen LogP contribution >= 0.6 is 0 Å². The van der Waals surface area contributed by atoms with E-state index in [0.717, 1.165) is 19.2 Å². The summed E-state index contributed by atoms with van der Waals surface area (Å²) in [4.78, 5) is 11.2. The third kappa shape index (κ3) is 2.47. The van der Waals surface area contributed by atoms with E-state index in [9.17, 15) is 18.0 Å². The fraction of sp³-hybridized carbons (Fsp3) is 0.222. The summed E-state index contributed by atoms with van der Waals surface area (Å²) in [6.45, 7) is 0. The molecule has 82 valence electrons. The third-order valence-electron chi connectivity index (χ3n) is 1.76. The Morgan fingerprint density at radius 3 is 2.33 bits per heavy atom. The molecule has 0 fully saturated rings. The largest absolute Gasteiger partial charge is 0.417 e. The Kier molecular flexibility index (Phi) is 2.99. The highest BCUT2D eigenvalue weighted by Gasteiger charge is 2.35. The number of hydroxylamine groups is 2. The average Bonchev–Trinajstić information content (AvgIpc) is 2.15. The molecule has 0 aliphatic heterocycles. The highest BCUT2D eigenvalue weighted by Crippen LogP contribution is 2.32. The Balaban J connectivity index is 3.25. The minimum atomic E-state index is -4.61. The average molecular weight is 219 g/mol. The fourth-order valence-corrected chi connectivity index (χ4v) is 1.09. The summed E-state index contributed by atoms with van der Waals surface area (Å²) in [5.41, 5.74) is -1.63. The third-order valence-corrected chi connectivity index (χ3v) is 1.76. The van der Waals surface area contributed by atoms with Crippen LogP contribution in [0.1, 0.15) is 15.9 Å². The molecule has 0 heterocycles. The second kappa shape index (κ2) is 3.90. The summed E-state index contributed by atoms with van der Waals surface area (Å²) in [7, 11) is 0.968. The van der Waals surface area contributed by atoms with E-state index < -0.39 is 23.2 Å². The maximum Gasteiger partial charge on any atom is 0.417 e. The number of benzene rings is 1. The Morgan fingerprint density at radius 1 is 1.33 bits per heavy atom. The van der Waals surface area contributed by atoms with Crippen LogP contribution in [0.25, 0.3) is 0 Å². The lowest BCUT2D eigenvalue weighted by Crippen LogP contribution is -2.25. The molecule has 0 atom stereocenters. The number of hydrogen-bond acceptors (Lipinski definition) is 2. The lowest BCUT2D eigenvalue weighted by molar-refractivity contribution is -0.138. The zero-order chi connectivity index (χ0) is 11.6. The van der Waals surface area contributed by atoms with Gasteiger partial charge in [-0.05, 0) is 12.1 Å². The summed E-state index contributed by atoms with van der Waals surface area (Å²) in [6.07, 6.45) is -4.61. The number of amides is 1. The minimum absolute atomic E-state index is 0.116. The SMILES string of the molecule is CN(O)C(=O)c1ccccc1C(F)(F)F. The van der Waals surface area contributed by atoms with Gasteiger partial charge in [0.2, 0.25) is 0 Å². The molecule has 15 heavy (non-hydrogen) atoms. The number of alkyl halides is 3. The van der Waals surface area contributed by atoms with Crippen LogP contribution in [-0.4, -0.2) is 23.2 Å². The second-order valence-electron chi connectivity index (χ2n) is 2.87. The topological polar surface area (TPSA) is 40.5 Å². The summed E-state index contributed by atoms with van der Waals surface area (Å²) in [6, 6.07) is 4.28. The van der Waals surface area contributed by atoms with Gasteiger partial charge in [0.15, 0.2) is 0 Å². The maximum absolute atomic E-state index is 12.4. The first-order valence-corrected chi connectivity index (χ1v) is 3.97. The minimum Gasteiger partial charge on any atom is -0.286 e. The predicted molar refractivity (Wildman–Crippen MR) is 45.3 cm³/mol. The molecule has 3 nitrogen and oxygen atoms in total. The summed E-state index contributed by atoms with van der Waals surface area (Å²) < 4.78 is 37.3. The monoisotopic (exact) mass is 219 g/mol. The molecule has 0 bridgehead atoms. The van der Waals surface area contributed by atoms with Gasteiger partial charge in [-0.3, -0.25) is 10.0 Å². The van der Waals surface area contributed by atoms with Crippen LogP contribution in [0.4, 0.5) is 13.2 Å². The van der Waals surface area contributed by atoms with Gasteiger partial charge in [0.1, 0.15) is 0 Å². The van der Waals surface area contributed by atoms with Crippen molar-refractivity contribution in [2.24, 2.45) is 0 Å². The Labute approximate surface area is 83.7 Å². The Hall–Kier alpha value is -1.56. The van der Waals surface area contributed by atoms with Crippen molar-refractivity contribution in [3.05, 3.63) is 35.4 Å². The van der Waals surface area contributed by atoms with E-state index in [2.05, 4.69) is 0 Å². The van der Waals surface area contributed by atoms with Gasteiger partial charge in [-0.2, -0.15) is 13.2 Å². The lowest BCUT2D eigenvalue weighted by atomic mass is 10.1.